The molecule has 39 heavy (non-hydrogen) atoms. The van der Waals surface area contributed by atoms with E-state index in [0.29, 0.717) is 39.2 Å². The van der Waals surface area contributed by atoms with Gasteiger partial charge >= 0.3 is 12.1 Å². The van der Waals surface area contributed by atoms with Crippen molar-refractivity contribution in [2.75, 3.05) is 12.4 Å². The van der Waals surface area contributed by atoms with Crippen molar-refractivity contribution in [3.05, 3.63) is 93.3 Å². The SMILES string of the molecule is COc1cc(-c2sc(Cl)cc2NC(=O)OC(C)c2ccccc2Cl)ccc1-c1ccc(C2(C(=O)O)CC2)cc1. The normalized spacial score (nSPS) is 14.4. The second-order valence-electron chi connectivity index (χ2n) is 9.37. The van der Waals surface area contributed by atoms with Gasteiger partial charge in [-0.25, -0.2) is 4.79 Å². The highest BCUT2D eigenvalue weighted by atomic mass is 35.5. The van der Waals surface area contributed by atoms with E-state index in [1.807, 2.05) is 60.7 Å². The Morgan fingerprint density at radius 2 is 1.69 bits per heavy atom. The number of carbonyl (C=O) groups is 2. The molecule has 1 amide bonds. The number of hydrogen-bond donors (Lipinski definition) is 2. The van der Waals surface area contributed by atoms with E-state index in [0.717, 1.165) is 27.1 Å². The van der Waals surface area contributed by atoms with Gasteiger partial charge in [-0.15, -0.1) is 11.3 Å². The van der Waals surface area contributed by atoms with Gasteiger partial charge in [0, 0.05) is 16.1 Å². The first-order valence-electron chi connectivity index (χ1n) is 12.3. The third-order valence-electron chi connectivity index (χ3n) is 6.94. The van der Waals surface area contributed by atoms with Crippen LogP contribution in [-0.2, 0) is 14.9 Å². The third-order valence-corrected chi connectivity index (χ3v) is 8.59. The lowest BCUT2D eigenvalue weighted by Crippen LogP contribution is -2.19. The predicted molar refractivity (Wildman–Crippen MR) is 155 cm³/mol. The summed E-state index contributed by atoms with van der Waals surface area (Å²) >= 11 is 13.9. The Morgan fingerprint density at radius 3 is 2.33 bits per heavy atom. The summed E-state index contributed by atoms with van der Waals surface area (Å²) in [6.07, 6.45) is 0.140. The molecule has 1 saturated carbocycles. The van der Waals surface area contributed by atoms with E-state index in [-0.39, 0.29) is 0 Å². The molecule has 0 bridgehead atoms. The third kappa shape index (κ3) is 5.48. The van der Waals surface area contributed by atoms with E-state index in [1.165, 1.54) is 11.3 Å². The fraction of sp³-hybridized carbons (Fsp3) is 0.200. The van der Waals surface area contributed by atoms with E-state index in [1.54, 1.807) is 26.2 Å². The minimum atomic E-state index is -0.779. The quantitative estimate of drug-likeness (QED) is 0.217. The van der Waals surface area contributed by atoms with E-state index >= 15 is 0 Å². The Bertz CT molecular complexity index is 1550. The number of methoxy groups -OCH3 is 1. The van der Waals surface area contributed by atoms with Crippen molar-refractivity contribution in [1.29, 1.82) is 0 Å². The lowest BCUT2D eigenvalue weighted by molar-refractivity contribution is -0.140. The second-order valence-corrected chi connectivity index (χ2v) is 11.5. The van der Waals surface area contributed by atoms with Gasteiger partial charge < -0.3 is 14.6 Å². The Morgan fingerprint density at radius 1 is 1.00 bits per heavy atom. The van der Waals surface area contributed by atoms with Gasteiger partial charge in [0.25, 0.3) is 0 Å². The van der Waals surface area contributed by atoms with Crippen LogP contribution in [-0.4, -0.2) is 24.3 Å². The van der Waals surface area contributed by atoms with Crippen molar-refractivity contribution in [1.82, 2.24) is 0 Å². The standard InChI is InChI=1S/C30H25Cl2NO5S/c1-17(21-5-3-4-6-23(21)31)38-29(36)33-24-16-26(32)39-27(24)19-9-12-22(25(15-19)37-2)18-7-10-20(11-8-18)30(13-14-30)28(34)35/h3-12,15-17H,13-14H2,1-2H3,(H,33,36)(H,34,35). The highest BCUT2D eigenvalue weighted by Gasteiger charge is 2.51. The number of carbonyl (C=O) groups excluding carboxylic acids is 1. The summed E-state index contributed by atoms with van der Waals surface area (Å²) in [6, 6.07) is 22.2. The number of ether oxygens (including phenoxy) is 2. The molecular weight excluding hydrogens is 557 g/mol. The van der Waals surface area contributed by atoms with Gasteiger partial charge in [0.1, 0.15) is 11.9 Å². The van der Waals surface area contributed by atoms with E-state index in [9.17, 15) is 14.7 Å². The molecule has 1 fully saturated rings. The Kier molecular flexibility index (Phi) is 7.58. The number of benzene rings is 3. The Hall–Kier alpha value is -3.52. The van der Waals surface area contributed by atoms with E-state index in [4.69, 9.17) is 32.7 Å². The lowest BCUT2D eigenvalue weighted by Gasteiger charge is -2.16. The number of hydrogen-bond acceptors (Lipinski definition) is 5. The van der Waals surface area contributed by atoms with Crippen LogP contribution in [0.15, 0.2) is 72.8 Å². The molecule has 0 spiro atoms. The topological polar surface area (TPSA) is 84.9 Å². The van der Waals surface area contributed by atoms with Crippen molar-refractivity contribution < 1.29 is 24.2 Å². The minimum absolute atomic E-state index is 0.505. The zero-order valence-corrected chi connectivity index (χ0v) is 23.5. The summed E-state index contributed by atoms with van der Waals surface area (Å²) in [4.78, 5) is 25.2. The highest BCUT2D eigenvalue weighted by molar-refractivity contribution is 7.20. The fourth-order valence-corrected chi connectivity index (χ4v) is 6.09. The molecule has 4 aromatic rings. The first-order chi connectivity index (χ1) is 18.7. The monoisotopic (exact) mass is 581 g/mol. The molecule has 0 radical (unpaired) electrons. The zero-order chi connectivity index (χ0) is 27.7. The lowest BCUT2D eigenvalue weighted by atomic mass is 9.93. The predicted octanol–water partition coefficient (Wildman–Crippen LogP) is 8.82. The van der Waals surface area contributed by atoms with Crippen molar-refractivity contribution in [2.24, 2.45) is 0 Å². The largest absolute Gasteiger partial charge is 0.496 e. The van der Waals surface area contributed by atoms with Crippen molar-refractivity contribution in [3.8, 4) is 27.3 Å². The van der Waals surface area contributed by atoms with Gasteiger partial charge in [-0.2, -0.15) is 0 Å². The van der Waals surface area contributed by atoms with Crippen LogP contribution in [0.4, 0.5) is 10.5 Å². The number of aliphatic carboxylic acids is 1. The molecule has 3 aromatic carbocycles. The molecule has 1 heterocycles. The van der Waals surface area contributed by atoms with Crippen LogP contribution < -0.4 is 10.1 Å². The maximum Gasteiger partial charge on any atom is 0.412 e. The summed E-state index contributed by atoms with van der Waals surface area (Å²) in [5, 5.41) is 12.9. The van der Waals surface area contributed by atoms with Gasteiger partial charge in [-0.3, -0.25) is 10.1 Å². The fourth-order valence-electron chi connectivity index (χ4n) is 4.63. The van der Waals surface area contributed by atoms with Crippen LogP contribution in [0.25, 0.3) is 21.6 Å². The van der Waals surface area contributed by atoms with Crippen molar-refractivity contribution in [3.63, 3.8) is 0 Å². The number of thiophene rings is 1. The van der Waals surface area contributed by atoms with E-state index < -0.39 is 23.6 Å². The molecule has 0 aliphatic heterocycles. The van der Waals surface area contributed by atoms with Crippen LogP contribution >= 0.6 is 34.5 Å². The first-order valence-corrected chi connectivity index (χ1v) is 13.8. The first kappa shape index (κ1) is 27.1. The molecular formula is C30H25Cl2NO5S. The Balaban J connectivity index is 1.37. The number of rotatable bonds is 8. The van der Waals surface area contributed by atoms with Gasteiger partial charge in [-0.05, 0) is 54.7 Å². The summed E-state index contributed by atoms with van der Waals surface area (Å²) in [5.41, 5.74) is 3.86. The van der Waals surface area contributed by atoms with Crippen LogP contribution in [0.2, 0.25) is 9.36 Å². The molecule has 1 atom stereocenters. The zero-order valence-electron chi connectivity index (χ0n) is 21.2. The number of anilines is 1. The number of amides is 1. The van der Waals surface area contributed by atoms with Crippen LogP contribution in [0.1, 0.15) is 37.0 Å². The molecule has 1 aromatic heterocycles. The van der Waals surface area contributed by atoms with Crippen LogP contribution in [0.5, 0.6) is 5.75 Å². The van der Waals surface area contributed by atoms with Crippen molar-refractivity contribution in [2.45, 2.75) is 31.3 Å². The van der Waals surface area contributed by atoms with Gasteiger partial charge in [0.2, 0.25) is 0 Å². The summed E-state index contributed by atoms with van der Waals surface area (Å²) < 4.78 is 11.8. The maximum absolute atomic E-state index is 12.7. The molecule has 200 valence electrons. The summed E-state index contributed by atoms with van der Waals surface area (Å²) in [7, 11) is 1.59. The number of nitrogens with one attached hydrogen (secondary N) is 1. The molecule has 9 heteroatoms. The van der Waals surface area contributed by atoms with E-state index in [2.05, 4.69) is 5.32 Å². The Labute approximate surface area is 240 Å². The molecule has 1 aliphatic rings. The average Bonchev–Trinajstić information content (AvgIpc) is 3.66. The average molecular weight is 583 g/mol. The second kappa shape index (κ2) is 10.9. The van der Waals surface area contributed by atoms with Gasteiger partial charge in [-0.1, -0.05) is 77.8 Å². The number of carboxylic acid groups (broad SMARTS) is 1. The van der Waals surface area contributed by atoms with Gasteiger partial charge in [0.15, 0.2) is 0 Å². The summed E-state index contributed by atoms with van der Waals surface area (Å²) in [6.45, 7) is 1.75. The molecule has 6 nitrogen and oxygen atoms in total. The molecule has 5 rings (SSSR count). The van der Waals surface area contributed by atoms with Crippen LogP contribution in [0, 0.1) is 0 Å². The molecule has 1 aliphatic carbocycles. The highest BCUT2D eigenvalue weighted by Crippen LogP contribution is 2.49. The summed E-state index contributed by atoms with van der Waals surface area (Å²) in [5.74, 6) is -0.150. The maximum atomic E-state index is 12.7. The van der Waals surface area contributed by atoms with Crippen LogP contribution in [0.3, 0.4) is 0 Å². The molecule has 2 N–H and O–H groups in total. The van der Waals surface area contributed by atoms with Crippen molar-refractivity contribution >= 4 is 52.3 Å². The molecule has 1 unspecified atom stereocenters. The number of halogens is 2. The molecule has 0 saturated heterocycles. The van der Waals surface area contributed by atoms with Gasteiger partial charge in [0.05, 0.1) is 27.4 Å². The smallest absolute Gasteiger partial charge is 0.412 e. The number of carboxylic acids is 1. The minimum Gasteiger partial charge on any atom is -0.496 e.